The molecule has 0 atom stereocenters. The Kier molecular flexibility index (Phi) is 3.67. The first-order chi connectivity index (χ1) is 9.29. The van der Waals surface area contributed by atoms with Crippen molar-refractivity contribution in [3.8, 4) is 5.75 Å². The van der Waals surface area contributed by atoms with Crippen LogP contribution in [0.1, 0.15) is 18.4 Å². The van der Waals surface area contributed by atoms with E-state index in [1.165, 1.54) is 18.4 Å². The molecule has 0 radical (unpaired) electrons. The minimum Gasteiger partial charge on any atom is -0.496 e. The second kappa shape index (κ2) is 5.43. The molecule has 2 N–H and O–H groups in total. The Balaban J connectivity index is 1.96. The summed E-state index contributed by atoms with van der Waals surface area (Å²) in [6.45, 7) is 2.26. The molecule has 1 aliphatic heterocycles. The molecule has 0 amide bonds. The molecule has 102 valence electrons. The van der Waals surface area contributed by atoms with Crippen LogP contribution in [0.3, 0.4) is 0 Å². The molecule has 0 bridgehead atoms. The van der Waals surface area contributed by atoms with Gasteiger partial charge in [-0.2, -0.15) is 0 Å². The Hall–Kier alpha value is -1.19. The third-order valence-electron chi connectivity index (χ3n) is 4.02. The van der Waals surface area contributed by atoms with E-state index in [-0.39, 0.29) is 0 Å². The van der Waals surface area contributed by atoms with Crippen molar-refractivity contribution >= 4 is 22.5 Å². The van der Waals surface area contributed by atoms with Gasteiger partial charge < -0.3 is 15.0 Å². The zero-order chi connectivity index (χ0) is 13.2. The van der Waals surface area contributed by atoms with E-state index >= 15 is 0 Å². The molecule has 1 aromatic heterocycles. The van der Waals surface area contributed by atoms with Crippen molar-refractivity contribution in [1.29, 1.82) is 0 Å². The number of aromatic nitrogens is 1. The molecule has 1 aliphatic rings. The monoisotopic (exact) mass is 278 g/mol. The van der Waals surface area contributed by atoms with Crippen LogP contribution < -0.4 is 10.1 Å². The van der Waals surface area contributed by atoms with Gasteiger partial charge in [0.15, 0.2) is 0 Å². The van der Waals surface area contributed by atoms with Crippen molar-refractivity contribution < 1.29 is 4.74 Å². The molecule has 1 saturated heterocycles. The number of hydrogen-bond acceptors (Lipinski definition) is 2. The summed E-state index contributed by atoms with van der Waals surface area (Å²) in [5, 5.41) is 5.31. The Morgan fingerprint density at radius 1 is 1.32 bits per heavy atom. The molecule has 0 unspecified atom stereocenters. The minimum atomic E-state index is 0.754. The van der Waals surface area contributed by atoms with Gasteiger partial charge >= 0.3 is 0 Å². The molecule has 2 heterocycles. The molecule has 19 heavy (non-hydrogen) atoms. The van der Waals surface area contributed by atoms with E-state index in [1.54, 1.807) is 7.11 Å². The van der Waals surface area contributed by atoms with Gasteiger partial charge in [0.1, 0.15) is 5.75 Å². The Morgan fingerprint density at radius 2 is 2.11 bits per heavy atom. The number of aromatic amines is 1. The van der Waals surface area contributed by atoms with Crippen LogP contribution in [0.5, 0.6) is 5.75 Å². The Morgan fingerprint density at radius 3 is 2.84 bits per heavy atom. The van der Waals surface area contributed by atoms with Gasteiger partial charge in [0.05, 0.1) is 17.6 Å². The summed E-state index contributed by atoms with van der Waals surface area (Å²) in [7, 11) is 1.71. The highest BCUT2D eigenvalue weighted by Gasteiger charge is 2.18. The van der Waals surface area contributed by atoms with Gasteiger partial charge in [-0.15, -0.1) is 0 Å². The first-order valence-corrected chi connectivity index (χ1v) is 7.20. The van der Waals surface area contributed by atoms with Crippen LogP contribution in [0.4, 0.5) is 0 Å². The molecule has 3 nitrogen and oxygen atoms in total. The quantitative estimate of drug-likeness (QED) is 0.903. The van der Waals surface area contributed by atoms with E-state index < -0.39 is 0 Å². The van der Waals surface area contributed by atoms with E-state index in [4.69, 9.17) is 16.3 Å². The predicted molar refractivity (Wildman–Crippen MR) is 79.2 cm³/mol. The Labute approximate surface area is 118 Å². The largest absolute Gasteiger partial charge is 0.496 e. The molecule has 0 saturated carbocycles. The van der Waals surface area contributed by atoms with Gasteiger partial charge in [-0.05, 0) is 56.0 Å². The number of piperidine rings is 1. The number of rotatable bonds is 3. The van der Waals surface area contributed by atoms with E-state index in [9.17, 15) is 0 Å². The smallest absolute Gasteiger partial charge is 0.128 e. The maximum absolute atomic E-state index is 6.25. The molecular weight excluding hydrogens is 260 g/mol. The summed E-state index contributed by atoms with van der Waals surface area (Å²) in [4.78, 5) is 3.29. The van der Waals surface area contributed by atoms with Gasteiger partial charge in [0, 0.05) is 11.6 Å². The molecule has 1 aromatic carbocycles. The summed E-state index contributed by atoms with van der Waals surface area (Å²) in [5.74, 6) is 1.66. The van der Waals surface area contributed by atoms with Gasteiger partial charge in [0.2, 0.25) is 0 Å². The standard InChI is InChI=1S/C15H19ClN2O/c1-19-13-3-2-12(16)15-14(13)11(9-18-15)8-10-4-6-17-7-5-10/h2-3,9-10,17-18H,4-8H2,1H3. The maximum atomic E-state index is 6.25. The summed E-state index contributed by atoms with van der Waals surface area (Å²) < 4.78 is 5.48. The van der Waals surface area contributed by atoms with Gasteiger partial charge in [-0.25, -0.2) is 0 Å². The van der Waals surface area contributed by atoms with Crippen molar-refractivity contribution in [3.05, 3.63) is 28.9 Å². The van der Waals surface area contributed by atoms with Crippen molar-refractivity contribution in [1.82, 2.24) is 10.3 Å². The lowest BCUT2D eigenvalue weighted by molar-refractivity contribution is 0.373. The highest BCUT2D eigenvalue weighted by Crippen LogP contribution is 2.35. The second-order valence-corrected chi connectivity index (χ2v) is 5.62. The molecule has 0 spiro atoms. The highest BCUT2D eigenvalue weighted by atomic mass is 35.5. The Bertz CT molecular complexity index is 573. The van der Waals surface area contributed by atoms with E-state index in [0.29, 0.717) is 0 Å². The van der Waals surface area contributed by atoms with Crippen LogP contribution in [0.25, 0.3) is 10.9 Å². The molecule has 1 fully saturated rings. The summed E-state index contributed by atoms with van der Waals surface area (Å²) in [6, 6.07) is 3.83. The molecule has 0 aliphatic carbocycles. The lowest BCUT2D eigenvalue weighted by Gasteiger charge is -2.22. The maximum Gasteiger partial charge on any atom is 0.128 e. The van der Waals surface area contributed by atoms with Crippen molar-refractivity contribution in [2.45, 2.75) is 19.3 Å². The van der Waals surface area contributed by atoms with Crippen LogP contribution in [0.15, 0.2) is 18.3 Å². The van der Waals surface area contributed by atoms with Gasteiger partial charge in [-0.3, -0.25) is 0 Å². The number of methoxy groups -OCH3 is 1. The second-order valence-electron chi connectivity index (χ2n) is 5.21. The zero-order valence-electron chi connectivity index (χ0n) is 11.1. The first kappa shape index (κ1) is 12.8. The number of hydrogen-bond donors (Lipinski definition) is 2. The zero-order valence-corrected chi connectivity index (χ0v) is 11.9. The van der Waals surface area contributed by atoms with Crippen molar-refractivity contribution in [2.24, 2.45) is 5.92 Å². The van der Waals surface area contributed by atoms with Gasteiger partial charge in [-0.1, -0.05) is 11.6 Å². The van der Waals surface area contributed by atoms with Crippen LogP contribution in [-0.2, 0) is 6.42 Å². The SMILES string of the molecule is COc1ccc(Cl)c2[nH]cc(CC3CCNCC3)c12. The molecule has 4 heteroatoms. The van der Waals surface area contributed by atoms with Crippen LogP contribution in [0, 0.1) is 5.92 Å². The van der Waals surface area contributed by atoms with Crippen molar-refractivity contribution in [3.63, 3.8) is 0 Å². The molecular formula is C15H19ClN2O. The highest BCUT2D eigenvalue weighted by molar-refractivity contribution is 6.35. The number of H-pyrrole nitrogens is 1. The lowest BCUT2D eigenvalue weighted by atomic mass is 9.91. The average Bonchev–Trinajstić information content (AvgIpc) is 2.86. The van der Waals surface area contributed by atoms with E-state index in [0.717, 1.165) is 47.1 Å². The number of fused-ring (bicyclic) bond motifs is 1. The fourth-order valence-corrected chi connectivity index (χ4v) is 3.19. The van der Waals surface area contributed by atoms with Gasteiger partial charge in [0.25, 0.3) is 0 Å². The van der Waals surface area contributed by atoms with E-state index in [1.807, 2.05) is 12.1 Å². The topological polar surface area (TPSA) is 37.0 Å². The number of benzene rings is 1. The molecule has 3 rings (SSSR count). The number of ether oxygens (including phenoxy) is 1. The van der Waals surface area contributed by atoms with Crippen LogP contribution in [-0.4, -0.2) is 25.2 Å². The molecule has 2 aromatic rings. The van der Waals surface area contributed by atoms with Crippen LogP contribution >= 0.6 is 11.6 Å². The fourth-order valence-electron chi connectivity index (χ4n) is 2.98. The minimum absolute atomic E-state index is 0.754. The summed E-state index contributed by atoms with van der Waals surface area (Å²) >= 11 is 6.25. The third-order valence-corrected chi connectivity index (χ3v) is 4.33. The van der Waals surface area contributed by atoms with Crippen LogP contribution in [0.2, 0.25) is 5.02 Å². The summed E-state index contributed by atoms with van der Waals surface area (Å²) in [6.07, 6.45) is 5.67. The number of nitrogens with one attached hydrogen (secondary N) is 2. The number of halogens is 1. The average molecular weight is 279 g/mol. The first-order valence-electron chi connectivity index (χ1n) is 6.82. The summed E-state index contributed by atoms with van der Waals surface area (Å²) in [5.41, 5.74) is 2.31. The predicted octanol–water partition coefficient (Wildman–Crippen LogP) is 3.37. The van der Waals surface area contributed by atoms with E-state index in [2.05, 4.69) is 16.5 Å². The third kappa shape index (κ3) is 2.45. The van der Waals surface area contributed by atoms with Crippen molar-refractivity contribution in [2.75, 3.05) is 20.2 Å². The normalized spacial score (nSPS) is 16.9. The lowest BCUT2D eigenvalue weighted by Crippen LogP contribution is -2.28. The fraction of sp³-hybridized carbons (Fsp3) is 0.467.